The zero-order chi connectivity index (χ0) is 14.7. The number of aromatic nitrogens is 2. The van der Waals surface area contributed by atoms with Gasteiger partial charge in [-0.2, -0.15) is 16.7 Å². The third-order valence-electron chi connectivity index (χ3n) is 3.33. The fourth-order valence-corrected chi connectivity index (χ4v) is 3.18. The maximum absolute atomic E-state index is 9.60. The summed E-state index contributed by atoms with van der Waals surface area (Å²) in [5, 5.41) is 17.0. The fraction of sp³-hybridized carbons (Fsp3) is 0.429. The minimum Gasteiger partial charge on any atom is -0.504 e. The maximum atomic E-state index is 9.60. The van der Waals surface area contributed by atoms with Crippen molar-refractivity contribution in [2.45, 2.75) is 12.5 Å². The predicted molar refractivity (Wildman–Crippen MR) is 80.8 cm³/mol. The molecule has 21 heavy (non-hydrogen) atoms. The molecule has 1 unspecified atom stereocenters. The summed E-state index contributed by atoms with van der Waals surface area (Å²) in [7, 11) is 1.51. The Labute approximate surface area is 126 Å². The van der Waals surface area contributed by atoms with E-state index < -0.39 is 0 Å². The smallest absolute Gasteiger partial charge is 0.228 e. The minimum atomic E-state index is 0.0911. The van der Waals surface area contributed by atoms with Gasteiger partial charge < -0.3 is 19.7 Å². The Hall–Kier alpha value is -1.73. The van der Waals surface area contributed by atoms with Crippen LogP contribution in [-0.4, -0.2) is 46.4 Å². The van der Waals surface area contributed by atoms with E-state index in [4.69, 9.17) is 9.26 Å². The Balaban J connectivity index is 1.74. The van der Waals surface area contributed by atoms with E-state index in [9.17, 15) is 5.11 Å². The summed E-state index contributed by atoms with van der Waals surface area (Å²) in [6.07, 6.45) is 0.731. The van der Waals surface area contributed by atoms with Crippen LogP contribution in [0.2, 0.25) is 0 Å². The Kier molecular flexibility index (Phi) is 4.31. The van der Waals surface area contributed by atoms with Gasteiger partial charge in [0.1, 0.15) is 0 Å². The van der Waals surface area contributed by atoms with Crippen LogP contribution in [0, 0.1) is 0 Å². The SMILES string of the molecule is COc1cc(-c2noc(CC3CSCCN3)n2)ccc1O. The number of methoxy groups -OCH3 is 1. The van der Waals surface area contributed by atoms with Crippen LogP contribution in [0.5, 0.6) is 11.5 Å². The zero-order valence-electron chi connectivity index (χ0n) is 11.7. The highest BCUT2D eigenvalue weighted by atomic mass is 32.2. The Morgan fingerprint density at radius 3 is 3.19 bits per heavy atom. The molecular weight excluding hydrogens is 290 g/mol. The van der Waals surface area contributed by atoms with Crippen LogP contribution in [0.4, 0.5) is 0 Å². The summed E-state index contributed by atoms with van der Waals surface area (Å²) in [6, 6.07) is 5.37. The van der Waals surface area contributed by atoms with Gasteiger partial charge in [-0.25, -0.2) is 0 Å². The summed E-state index contributed by atoms with van der Waals surface area (Å²) in [6.45, 7) is 1.02. The quantitative estimate of drug-likeness (QED) is 0.889. The van der Waals surface area contributed by atoms with E-state index in [-0.39, 0.29) is 5.75 Å². The molecule has 1 saturated heterocycles. The van der Waals surface area contributed by atoms with E-state index >= 15 is 0 Å². The number of nitrogens with one attached hydrogen (secondary N) is 1. The summed E-state index contributed by atoms with van der Waals surface area (Å²) >= 11 is 1.94. The van der Waals surface area contributed by atoms with E-state index in [0.29, 0.717) is 23.5 Å². The van der Waals surface area contributed by atoms with Gasteiger partial charge in [-0.05, 0) is 18.2 Å². The van der Waals surface area contributed by atoms with Crippen molar-refractivity contribution in [1.82, 2.24) is 15.5 Å². The summed E-state index contributed by atoms with van der Waals surface area (Å²) < 4.78 is 10.4. The molecule has 3 rings (SSSR count). The number of thioether (sulfide) groups is 1. The molecule has 1 aliphatic heterocycles. The molecule has 0 bridgehead atoms. The minimum absolute atomic E-state index is 0.0911. The average Bonchev–Trinajstić information content (AvgIpc) is 2.97. The summed E-state index contributed by atoms with van der Waals surface area (Å²) in [4.78, 5) is 4.42. The van der Waals surface area contributed by atoms with Gasteiger partial charge in [-0.3, -0.25) is 0 Å². The van der Waals surface area contributed by atoms with Gasteiger partial charge in [0.05, 0.1) is 7.11 Å². The molecule has 2 N–H and O–H groups in total. The van der Waals surface area contributed by atoms with Crippen LogP contribution >= 0.6 is 11.8 Å². The summed E-state index contributed by atoms with van der Waals surface area (Å²) in [5.41, 5.74) is 0.755. The molecule has 0 amide bonds. The number of phenolic OH excluding ortho intramolecular Hbond substituents is 1. The number of benzene rings is 1. The number of aromatic hydroxyl groups is 1. The van der Waals surface area contributed by atoms with E-state index in [1.165, 1.54) is 7.11 Å². The Morgan fingerprint density at radius 1 is 1.52 bits per heavy atom. The molecule has 2 heterocycles. The predicted octanol–water partition coefficient (Wildman–Crippen LogP) is 1.70. The first kappa shape index (κ1) is 14.2. The number of rotatable bonds is 4. The van der Waals surface area contributed by atoms with Gasteiger partial charge in [0.25, 0.3) is 0 Å². The lowest BCUT2D eigenvalue weighted by molar-refractivity contribution is 0.363. The summed E-state index contributed by atoms with van der Waals surface area (Å²) in [5.74, 6) is 3.82. The molecule has 1 aromatic heterocycles. The first-order chi connectivity index (χ1) is 10.3. The molecular formula is C14H17N3O3S. The van der Waals surface area contributed by atoms with Gasteiger partial charge in [-0.15, -0.1) is 0 Å². The normalized spacial score (nSPS) is 18.6. The monoisotopic (exact) mass is 307 g/mol. The second-order valence-corrected chi connectivity index (χ2v) is 5.98. The van der Waals surface area contributed by atoms with Crippen molar-refractivity contribution in [3.05, 3.63) is 24.1 Å². The van der Waals surface area contributed by atoms with Crippen LogP contribution in [0.1, 0.15) is 5.89 Å². The van der Waals surface area contributed by atoms with Gasteiger partial charge in [-0.1, -0.05) is 5.16 Å². The molecule has 2 aromatic rings. The Morgan fingerprint density at radius 2 is 2.43 bits per heavy atom. The lowest BCUT2D eigenvalue weighted by Crippen LogP contribution is -2.38. The Bertz CT molecular complexity index is 611. The van der Waals surface area contributed by atoms with Gasteiger partial charge in [0.15, 0.2) is 11.5 Å². The number of ether oxygens (including phenoxy) is 1. The van der Waals surface area contributed by atoms with E-state index in [1.54, 1.807) is 18.2 Å². The van der Waals surface area contributed by atoms with Crippen molar-refractivity contribution in [2.75, 3.05) is 25.2 Å². The zero-order valence-corrected chi connectivity index (χ0v) is 12.5. The molecule has 112 valence electrons. The van der Waals surface area contributed by atoms with Crippen molar-refractivity contribution >= 4 is 11.8 Å². The van der Waals surface area contributed by atoms with Crippen molar-refractivity contribution in [3.63, 3.8) is 0 Å². The first-order valence-corrected chi connectivity index (χ1v) is 7.93. The lowest BCUT2D eigenvalue weighted by Gasteiger charge is -2.21. The second kappa shape index (κ2) is 6.36. The molecule has 1 fully saturated rings. The van der Waals surface area contributed by atoms with E-state index in [1.807, 2.05) is 11.8 Å². The molecule has 1 atom stereocenters. The molecule has 6 nitrogen and oxygen atoms in total. The molecule has 0 radical (unpaired) electrons. The highest BCUT2D eigenvalue weighted by molar-refractivity contribution is 7.99. The average molecular weight is 307 g/mol. The van der Waals surface area contributed by atoms with E-state index in [2.05, 4.69) is 15.5 Å². The first-order valence-electron chi connectivity index (χ1n) is 6.77. The number of nitrogens with zero attached hydrogens (tertiary/aromatic N) is 2. The van der Waals surface area contributed by atoms with Crippen LogP contribution in [0.15, 0.2) is 22.7 Å². The van der Waals surface area contributed by atoms with Crippen LogP contribution in [0.25, 0.3) is 11.4 Å². The highest BCUT2D eigenvalue weighted by Gasteiger charge is 2.18. The van der Waals surface area contributed by atoms with Crippen molar-refractivity contribution < 1.29 is 14.4 Å². The number of hydrogen-bond acceptors (Lipinski definition) is 7. The largest absolute Gasteiger partial charge is 0.504 e. The van der Waals surface area contributed by atoms with Gasteiger partial charge in [0.2, 0.25) is 11.7 Å². The maximum Gasteiger partial charge on any atom is 0.228 e. The molecule has 7 heteroatoms. The molecule has 0 saturated carbocycles. The number of hydrogen-bond donors (Lipinski definition) is 2. The van der Waals surface area contributed by atoms with Crippen LogP contribution in [-0.2, 0) is 6.42 Å². The topological polar surface area (TPSA) is 80.4 Å². The third kappa shape index (κ3) is 3.30. The van der Waals surface area contributed by atoms with Crippen LogP contribution in [0.3, 0.4) is 0 Å². The molecule has 0 spiro atoms. The highest BCUT2D eigenvalue weighted by Crippen LogP contribution is 2.30. The van der Waals surface area contributed by atoms with Crippen molar-refractivity contribution in [2.24, 2.45) is 0 Å². The molecule has 1 aliphatic rings. The van der Waals surface area contributed by atoms with Gasteiger partial charge in [0, 0.05) is 36.1 Å². The van der Waals surface area contributed by atoms with Crippen molar-refractivity contribution in [1.29, 1.82) is 0 Å². The molecule has 1 aromatic carbocycles. The van der Waals surface area contributed by atoms with Gasteiger partial charge >= 0.3 is 0 Å². The van der Waals surface area contributed by atoms with E-state index in [0.717, 1.165) is 30.0 Å². The standard InChI is InChI=1S/C14H17N3O3S/c1-19-12-6-9(2-3-11(12)18)14-16-13(20-17-14)7-10-8-21-5-4-15-10/h2-3,6,10,15,18H,4-5,7-8H2,1H3. The molecule has 0 aliphatic carbocycles. The third-order valence-corrected chi connectivity index (χ3v) is 4.46. The lowest BCUT2D eigenvalue weighted by atomic mass is 10.2. The van der Waals surface area contributed by atoms with Crippen molar-refractivity contribution in [3.8, 4) is 22.9 Å². The fourth-order valence-electron chi connectivity index (χ4n) is 2.23. The van der Waals surface area contributed by atoms with Crippen LogP contribution < -0.4 is 10.1 Å². The second-order valence-electron chi connectivity index (χ2n) is 4.83. The number of phenols is 1.